The number of guanidine groups is 1. The van der Waals surface area contributed by atoms with Crippen molar-refractivity contribution in [3.05, 3.63) is 35.4 Å². The summed E-state index contributed by atoms with van der Waals surface area (Å²) in [5, 5.41) is 0. The molecule has 1 aromatic carbocycles. The SMILES string of the molecule is NC(=O)C1CCCN(Cc2cccc(CN=C(N)N3CCCCCC3)c2)C1. The summed E-state index contributed by atoms with van der Waals surface area (Å²) >= 11 is 0. The molecule has 27 heavy (non-hydrogen) atoms. The van der Waals surface area contributed by atoms with E-state index in [-0.39, 0.29) is 11.8 Å². The summed E-state index contributed by atoms with van der Waals surface area (Å²) in [5.41, 5.74) is 14.1. The second-order valence-electron chi connectivity index (χ2n) is 7.87. The number of benzene rings is 1. The summed E-state index contributed by atoms with van der Waals surface area (Å²) in [6, 6.07) is 8.52. The topological polar surface area (TPSA) is 88.0 Å². The first-order valence-electron chi connectivity index (χ1n) is 10.3. The average Bonchev–Trinajstić information content (AvgIpc) is 2.96. The van der Waals surface area contributed by atoms with Gasteiger partial charge in [0.25, 0.3) is 0 Å². The Bertz CT molecular complexity index is 652. The zero-order valence-electron chi connectivity index (χ0n) is 16.3. The number of primary amides is 1. The number of aliphatic imine (C=N–C) groups is 1. The molecule has 6 nitrogen and oxygen atoms in total. The van der Waals surface area contributed by atoms with Gasteiger partial charge in [0.05, 0.1) is 12.5 Å². The highest BCUT2D eigenvalue weighted by atomic mass is 16.1. The van der Waals surface area contributed by atoms with Gasteiger partial charge in [-0.25, -0.2) is 4.99 Å². The predicted molar refractivity (Wildman–Crippen MR) is 109 cm³/mol. The number of hydrogen-bond acceptors (Lipinski definition) is 3. The van der Waals surface area contributed by atoms with Crippen LogP contribution >= 0.6 is 0 Å². The van der Waals surface area contributed by atoms with Crippen LogP contribution in [0, 0.1) is 5.92 Å². The first-order chi connectivity index (χ1) is 13.1. The molecule has 6 heteroatoms. The summed E-state index contributed by atoms with van der Waals surface area (Å²) in [4.78, 5) is 20.6. The van der Waals surface area contributed by atoms with Crippen molar-refractivity contribution < 1.29 is 4.79 Å². The molecule has 2 aliphatic heterocycles. The Labute approximate surface area is 162 Å². The smallest absolute Gasteiger partial charge is 0.221 e. The summed E-state index contributed by atoms with van der Waals surface area (Å²) < 4.78 is 0. The minimum absolute atomic E-state index is 0.0139. The van der Waals surface area contributed by atoms with Gasteiger partial charge in [0.1, 0.15) is 0 Å². The summed E-state index contributed by atoms with van der Waals surface area (Å²) in [7, 11) is 0. The molecule has 1 amide bonds. The van der Waals surface area contributed by atoms with Crippen LogP contribution in [0.25, 0.3) is 0 Å². The number of carbonyl (C=O) groups is 1. The number of amides is 1. The number of rotatable bonds is 5. The maximum Gasteiger partial charge on any atom is 0.221 e. The minimum atomic E-state index is -0.174. The fourth-order valence-electron chi connectivity index (χ4n) is 4.09. The largest absolute Gasteiger partial charge is 0.370 e. The predicted octanol–water partition coefficient (Wildman–Crippen LogP) is 2.07. The van der Waals surface area contributed by atoms with E-state index in [1.165, 1.54) is 36.8 Å². The molecule has 0 radical (unpaired) electrons. The maximum absolute atomic E-state index is 11.5. The Balaban J connectivity index is 1.56. The van der Waals surface area contributed by atoms with Gasteiger partial charge in [0, 0.05) is 26.2 Å². The Hall–Kier alpha value is -2.08. The second kappa shape index (κ2) is 9.74. The van der Waals surface area contributed by atoms with Crippen LogP contribution < -0.4 is 11.5 Å². The van der Waals surface area contributed by atoms with Gasteiger partial charge < -0.3 is 16.4 Å². The molecule has 2 saturated heterocycles. The third-order valence-electron chi connectivity index (χ3n) is 5.66. The van der Waals surface area contributed by atoms with E-state index in [1.807, 2.05) is 0 Å². The van der Waals surface area contributed by atoms with E-state index in [1.54, 1.807) is 0 Å². The normalized spacial score (nSPS) is 22.4. The lowest BCUT2D eigenvalue weighted by molar-refractivity contribution is -0.123. The molecule has 0 spiro atoms. The highest BCUT2D eigenvalue weighted by molar-refractivity contribution is 5.78. The van der Waals surface area contributed by atoms with Crippen molar-refractivity contribution >= 4 is 11.9 Å². The standard InChI is InChI=1S/C21H33N5O/c22-20(27)19-9-6-10-25(16-19)15-18-8-5-7-17(13-18)14-24-21(23)26-11-3-1-2-4-12-26/h5,7-8,13,19H,1-4,6,9-12,14-16H2,(H2,22,27)(H2,23,24). The average molecular weight is 372 g/mol. The molecular formula is C21H33N5O. The fourth-order valence-corrected chi connectivity index (χ4v) is 4.09. The molecule has 0 aromatic heterocycles. The quantitative estimate of drug-likeness (QED) is 0.613. The monoisotopic (exact) mass is 371 g/mol. The fraction of sp³-hybridized carbons (Fsp3) is 0.619. The van der Waals surface area contributed by atoms with Crippen molar-refractivity contribution in [3.8, 4) is 0 Å². The van der Waals surface area contributed by atoms with Crippen LogP contribution in [0.1, 0.15) is 49.7 Å². The van der Waals surface area contributed by atoms with E-state index < -0.39 is 0 Å². The van der Waals surface area contributed by atoms with Crippen molar-refractivity contribution in [2.24, 2.45) is 22.4 Å². The molecule has 3 rings (SSSR count). The van der Waals surface area contributed by atoms with Gasteiger partial charge in [-0.2, -0.15) is 0 Å². The van der Waals surface area contributed by atoms with Crippen LogP contribution in [0.2, 0.25) is 0 Å². The summed E-state index contributed by atoms with van der Waals surface area (Å²) in [5.74, 6) is 0.481. The third kappa shape index (κ3) is 5.96. The van der Waals surface area contributed by atoms with E-state index in [0.29, 0.717) is 12.5 Å². The van der Waals surface area contributed by atoms with Gasteiger partial charge in [-0.05, 0) is 43.4 Å². The van der Waals surface area contributed by atoms with Crippen molar-refractivity contribution in [1.29, 1.82) is 0 Å². The maximum atomic E-state index is 11.5. The molecular weight excluding hydrogens is 338 g/mol. The highest BCUT2D eigenvalue weighted by Crippen LogP contribution is 2.19. The first-order valence-corrected chi connectivity index (χ1v) is 10.3. The molecule has 0 bridgehead atoms. The molecule has 1 aromatic rings. The van der Waals surface area contributed by atoms with E-state index >= 15 is 0 Å². The van der Waals surface area contributed by atoms with Crippen LogP contribution in [0.3, 0.4) is 0 Å². The molecule has 2 heterocycles. The van der Waals surface area contributed by atoms with Crippen molar-refractivity contribution in [1.82, 2.24) is 9.80 Å². The molecule has 2 aliphatic rings. The molecule has 2 fully saturated rings. The molecule has 1 atom stereocenters. The van der Waals surface area contributed by atoms with Crippen LogP contribution in [-0.2, 0) is 17.9 Å². The van der Waals surface area contributed by atoms with Crippen molar-refractivity contribution in [2.75, 3.05) is 26.2 Å². The number of likely N-dealkylation sites (tertiary alicyclic amines) is 2. The van der Waals surface area contributed by atoms with Crippen LogP contribution in [0.4, 0.5) is 0 Å². The van der Waals surface area contributed by atoms with E-state index in [4.69, 9.17) is 11.5 Å². The van der Waals surface area contributed by atoms with Gasteiger partial charge in [-0.15, -0.1) is 0 Å². The van der Waals surface area contributed by atoms with Gasteiger partial charge in [0.2, 0.25) is 5.91 Å². The van der Waals surface area contributed by atoms with Gasteiger partial charge in [0.15, 0.2) is 5.96 Å². The lowest BCUT2D eigenvalue weighted by atomic mass is 9.97. The van der Waals surface area contributed by atoms with Gasteiger partial charge in [-0.3, -0.25) is 9.69 Å². The van der Waals surface area contributed by atoms with Crippen LogP contribution in [0.5, 0.6) is 0 Å². The van der Waals surface area contributed by atoms with Crippen molar-refractivity contribution in [2.45, 2.75) is 51.6 Å². The van der Waals surface area contributed by atoms with Gasteiger partial charge in [-0.1, -0.05) is 37.1 Å². The van der Waals surface area contributed by atoms with Gasteiger partial charge >= 0.3 is 0 Å². The first kappa shape index (κ1) is 19.7. The second-order valence-corrected chi connectivity index (χ2v) is 7.87. The number of hydrogen-bond donors (Lipinski definition) is 2. The Morgan fingerprint density at radius 2 is 1.78 bits per heavy atom. The molecule has 0 saturated carbocycles. The zero-order valence-corrected chi connectivity index (χ0v) is 16.3. The molecule has 1 unspecified atom stereocenters. The highest BCUT2D eigenvalue weighted by Gasteiger charge is 2.23. The lowest BCUT2D eigenvalue weighted by Crippen LogP contribution is -2.40. The Morgan fingerprint density at radius 3 is 2.52 bits per heavy atom. The molecule has 148 valence electrons. The number of carbonyl (C=O) groups excluding carboxylic acids is 1. The van der Waals surface area contributed by atoms with Crippen molar-refractivity contribution in [3.63, 3.8) is 0 Å². The van der Waals surface area contributed by atoms with Crippen LogP contribution in [0.15, 0.2) is 29.3 Å². The Morgan fingerprint density at radius 1 is 1.04 bits per heavy atom. The van der Waals surface area contributed by atoms with E-state index in [9.17, 15) is 4.79 Å². The number of nitrogens with two attached hydrogens (primary N) is 2. The molecule has 0 aliphatic carbocycles. The summed E-state index contributed by atoms with van der Waals surface area (Å²) in [6.07, 6.45) is 6.93. The molecule has 4 N–H and O–H groups in total. The minimum Gasteiger partial charge on any atom is -0.370 e. The summed E-state index contributed by atoms with van der Waals surface area (Å²) in [6.45, 7) is 5.29. The lowest BCUT2D eigenvalue weighted by Gasteiger charge is -2.31. The number of piperidine rings is 1. The number of nitrogens with zero attached hydrogens (tertiary/aromatic N) is 3. The third-order valence-corrected chi connectivity index (χ3v) is 5.66. The van der Waals surface area contributed by atoms with E-state index in [0.717, 1.165) is 45.6 Å². The van der Waals surface area contributed by atoms with Crippen LogP contribution in [-0.4, -0.2) is 47.8 Å². The zero-order chi connectivity index (χ0) is 19.1. The Kier molecular flexibility index (Phi) is 7.10. The van der Waals surface area contributed by atoms with E-state index in [2.05, 4.69) is 39.1 Å².